The maximum Gasteiger partial charge on any atom is 0.343 e. The fraction of sp³-hybridized carbons (Fsp3) is 0.125. The van der Waals surface area contributed by atoms with Gasteiger partial charge in [-0.05, 0) is 73.5 Å². The van der Waals surface area contributed by atoms with Gasteiger partial charge in [-0.15, -0.1) is 0 Å². The number of para-hydroxylation sites is 2. The lowest BCUT2D eigenvalue weighted by atomic mass is 10.0. The van der Waals surface area contributed by atoms with Crippen LogP contribution in [0.5, 0.6) is 34.5 Å². The molecule has 242 valence electrons. The van der Waals surface area contributed by atoms with Gasteiger partial charge < -0.3 is 18.9 Å². The van der Waals surface area contributed by atoms with E-state index in [2.05, 4.69) is 13.0 Å². The largest absolute Gasteiger partial charge is 0.481 e. The molecule has 48 heavy (non-hydrogen) atoms. The van der Waals surface area contributed by atoms with E-state index in [1.54, 1.807) is 84.9 Å². The Morgan fingerprint density at radius 3 is 1.90 bits per heavy atom. The van der Waals surface area contributed by atoms with Crippen molar-refractivity contribution >= 4 is 51.5 Å². The number of carbonyl (C=O) groups excluding carboxylic acids is 1. The van der Waals surface area contributed by atoms with Gasteiger partial charge >= 0.3 is 5.97 Å². The van der Waals surface area contributed by atoms with Crippen molar-refractivity contribution < 1.29 is 23.7 Å². The number of rotatable bonds is 11. The fourth-order valence-electron chi connectivity index (χ4n) is 5.33. The van der Waals surface area contributed by atoms with Crippen molar-refractivity contribution in [2.24, 2.45) is 0 Å². The normalized spacial score (nSPS) is 11.6. The van der Waals surface area contributed by atoms with Crippen LogP contribution in [0.15, 0.2) is 121 Å². The zero-order chi connectivity index (χ0) is 33.6. The molecule has 6 rings (SSSR count). The predicted octanol–water partition coefficient (Wildman–Crippen LogP) is 12.8. The molecule has 6 aromatic rings. The Morgan fingerprint density at radius 1 is 0.646 bits per heavy atom. The van der Waals surface area contributed by atoms with Crippen LogP contribution in [-0.2, 0) is 0 Å². The first-order valence-corrected chi connectivity index (χ1v) is 16.6. The van der Waals surface area contributed by atoms with Crippen LogP contribution in [0, 0.1) is 6.92 Å². The number of fused-ring (bicyclic) bond motifs is 1. The summed E-state index contributed by atoms with van der Waals surface area (Å²) in [4.78, 5) is 13.7. The summed E-state index contributed by atoms with van der Waals surface area (Å²) >= 11 is 19.9. The van der Waals surface area contributed by atoms with Gasteiger partial charge in [0.2, 0.25) is 11.5 Å². The molecule has 0 heterocycles. The SMILES string of the molecule is CCCC(Oc1c(Oc2ccccc2Cl)c(Oc2ccccc2Cl)c(OC(=O)c2ccccc2)c2cc(Cl)ccc12)c1cccc(C)c1. The third kappa shape index (κ3) is 7.39. The Morgan fingerprint density at radius 2 is 1.27 bits per heavy atom. The molecule has 0 aliphatic rings. The van der Waals surface area contributed by atoms with Crippen LogP contribution in [0.4, 0.5) is 0 Å². The second-order valence-corrected chi connectivity index (χ2v) is 12.4. The monoisotopic (exact) mass is 696 g/mol. The van der Waals surface area contributed by atoms with Gasteiger partial charge in [-0.1, -0.05) is 120 Å². The Balaban J connectivity index is 1.66. The molecule has 0 fully saturated rings. The lowest BCUT2D eigenvalue weighted by Crippen LogP contribution is -2.12. The summed E-state index contributed by atoms with van der Waals surface area (Å²) in [5.74, 6) is 0.642. The first-order chi connectivity index (χ1) is 23.3. The van der Waals surface area contributed by atoms with Crippen LogP contribution in [0.3, 0.4) is 0 Å². The Labute approximate surface area is 294 Å². The third-order valence-electron chi connectivity index (χ3n) is 7.62. The molecule has 0 N–H and O–H groups in total. The minimum atomic E-state index is -0.609. The summed E-state index contributed by atoms with van der Waals surface area (Å²) in [6.45, 7) is 4.14. The van der Waals surface area contributed by atoms with E-state index in [-0.39, 0.29) is 23.4 Å². The van der Waals surface area contributed by atoms with Gasteiger partial charge in [-0.25, -0.2) is 4.79 Å². The van der Waals surface area contributed by atoms with Gasteiger partial charge in [-0.2, -0.15) is 0 Å². The number of esters is 1. The lowest BCUT2D eigenvalue weighted by molar-refractivity contribution is 0.0732. The van der Waals surface area contributed by atoms with Crippen molar-refractivity contribution in [2.45, 2.75) is 32.8 Å². The minimum Gasteiger partial charge on any atom is -0.481 e. The molecule has 0 amide bonds. The van der Waals surface area contributed by atoms with Gasteiger partial charge in [-0.3, -0.25) is 0 Å². The summed E-state index contributed by atoms with van der Waals surface area (Å²) in [7, 11) is 0. The highest BCUT2D eigenvalue weighted by Gasteiger charge is 2.31. The van der Waals surface area contributed by atoms with Crippen molar-refractivity contribution in [1.82, 2.24) is 0 Å². The maximum absolute atomic E-state index is 13.7. The summed E-state index contributed by atoms with van der Waals surface area (Å²) in [5.41, 5.74) is 2.44. The second-order valence-electron chi connectivity index (χ2n) is 11.1. The van der Waals surface area contributed by atoms with Crippen LogP contribution >= 0.6 is 34.8 Å². The molecule has 8 heteroatoms. The fourth-order valence-corrected chi connectivity index (χ4v) is 5.85. The Bertz CT molecular complexity index is 2080. The molecule has 0 saturated heterocycles. The first kappa shape index (κ1) is 33.2. The number of halogens is 3. The van der Waals surface area contributed by atoms with Gasteiger partial charge in [0, 0.05) is 15.8 Å². The molecule has 1 atom stereocenters. The molecule has 0 aliphatic carbocycles. The molecule has 0 bridgehead atoms. The zero-order valence-electron chi connectivity index (χ0n) is 26.2. The van der Waals surface area contributed by atoms with E-state index in [0.29, 0.717) is 55.1 Å². The van der Waals surface area contributed by atoms with E-state index in [1.165, 1.54) is 0 Å². The number of aryl methyl sites for hydroxylation is 1. The lowest BCUT2D eigenvalue weighted by Gasteiger charge is -2.26. The van der Waals surface area contributed by atoms with E-state index < -0.39 is 5.97 Å². The van der Waals surface area contributed by atoms with E-state index in [0.717, 1.165) is 17.5 Å². The summed E-state index contributed by atoms with van der Waals surface area (Å²) < 4.78 is 26.4. The topological polar surface area (TPSA) is 54.0 Å². The highest BCUT2D eigenvalue weighted by molar-refractivity contribution is 6.32. The molecule has 0 saturated carbocycles. The highest BCUT2D eigenvalue weighted by atomic mass is 35.5. The average Bonchev–Trinajstić information content (AvgIpc) is 3.09. The van der Waals surface area contributed by atoms with E-state index >= 15 is 0 Å². The van der Waals surface area contributed by atoms with Crippen LogP contribution in [0.25, 0.3) is 10.8 Å². The van der Waals surface area contributed by atoms with Gasteiger partial charge in [0.1, 0.15) is 17.6 Å². The van der Waals surface area contributed by atoms with Gasteiger partial charge in [0.15, 0.2) is 11.5 Å². The summed E-state index contributed by atoms with van der Waals surface area (Å²) in [6, 6.07) is 36.2. The molecule has 0 aliphatic heterocycles. The quantitative estimate of drug-likeness (QED) is 0.0996. The summed E-state index contributed by atoms with van der Waals surface area (Å²) in [5, 5.41) is 2.15. The number of carbonyl (C=O) groups is 1. The van der Waals surface area contributed by atoms with Crippen molar-refractivity contribution in [3.63, 3.8) is 0 Å². The molecular formula is C40H31Cl3O5. The van der Waals surface area contributed by atoms with E-state index in [9.17, 15) is 4.79 Å². The molecule has 0 aromatic heterocycles. The van der Waals surface area contributed by atoms with Crippen molar-refractivity contribution in [3.8, 4) is 34.5 Å². The number of hydrogen-bond acceptors (Lipinski definition) is 5. The molecule has 0 spiro atoms. The van der Waals surface area contributed by atoms with Crippen LogP contribution in [0.1, 0.15) is 47.4 Å². The molecule has 0 radical (unpaired) electrons. The van der Waals surface area contributed by atoms with Gasteiger partial charge in [0.05, 0.1) is 15.6 Å². The minimum absolute atomic E-state index is 0.0524. The maximum atomic E-state index is 13.7. The number of ether oxygens (including phenoxy) is 4. The van der Waals surface area contributed by atoms with Crippen LogP contribution in [-0.4, -0.2) is 5.97 Å². The van der Waals surface area contributed by atoms with Crippen molar-refractivity contribution in [1.29, 1.82) is 0 Å². The van der Waals surface area contributed by atoms with Crippen molar-refractivity contribution in [3.05, 3.63) is 153 Å². The third-order valence-corrected chi connectivity index (χ3v) is 8.48. The highest BCUT2D eigenvalue weighted by Crippen LogP contribution is 2.56. The van der Waals surface area contributed by atoms with E-state index in [1.807, 2.05) is 37.3 Å². The molecule has 5 nitrogen and oxygen atoms in total. The summed E-state index contributed by atoms with van der Waals surface area (Å²) in [6.07, 6.45) is 1.18. The zero-order valence-corrected chi connectivity index (χ0v) is 28.5. The molecule has 6 aromatic carbocycles. The first-order valence-electron chi connectivity index (χ1n) is 15.5. The second kappa shape index (κ2) is 15.0. The predicted molar refractivity (Wildman–Crippen MR) is 193 cm³/mol. The van der Waals surface area contributed by atoms with Crippen LogP contribution in [0.2, 0.25) is 15.1 Å². The Hall–Kier alpha value is -4.68. The number of benzene rings is 6. The Kier molecular flexibility index (Phi) is 10.4. The van der Waals surface area contributed by atoms with Crippen molar-refractivity contribution in [2.75, 3.05) is 0 Å². The average molecular weight is 698 g/mol. The molecule has 1 unspecified atom stereocenters. The number of hydrogen-bond donors (Lipinski definition) is 0. The van der Waals surface area contributed by atoms with Crippen LogP contribution < -0.4 is 18.9 Å². The standard InChI is InChI=1S/C40H31Cl3O5/c1-3-12-33(27-16-11-13-25(2)23-27)45-36-29-22-21-28(41)24-30(29)37(48-40(44)26-14-5-4-6-15-26)39(47-35-20-10-8-18-32(35)43)38(36)46-34-19-9-7-17-31(34)42/h4-11,13-24,33H,3,12H2,1-2H3. The van der Waals surface area contributed by atoms with Gasteiger partial charge in [0.25, 0.3) is 0 Å². The molecular weight excluding hydrogens is 667 g/mol. The smallest absolute Gasteiger partial charge is 0.343 e. The van der Waals surface area contributed by atoms with E-state index in [4.69, 9.17) is 53.8 Å².